The van der Waals surface area contributed by atoms with E-state index in [4.69, 9.17) is 4.52 Å². The van der Waals surface area contributed by atoms with E-state index in [1.165, 1.54) is 11.8 Å². The van der Waals surface area contributed by atoms with Crippen LogP contribution < -0.4 is 0 Å². The van der Waals surface area contributed by atoms with E-state index in [-0.39, 0.29) is 17.6 Å². The van der Waals surface area contributed by atoms with Gasteiger partial charge < -0.3 is 9.42 Å². The SMILES string of the molecule is O=C(CCc1ccccc1)[C@@H]1CCCN(C(=O)c2ccon2)C1. The molecule has 0 unspecified atom stereocenters. The third kappa shape index (κ3) is 3.86. The molecule has 1 saturated heterocycles. The van der Waals surface area contributed by atoms with Gasteiger partial charge in [-0.25, -0.2) is 0 Å². The van der Waals surface area contributed by atoms with Crippen LogP contribution in [0.2, 0.25) is 0 Å². The summed E-state index contributed by atoms with van der Waals surface area (Å²) in [6, 6.07) is 11.6. The van der Waals surface area contributed by atoms with Crippen LogP contribution in [0.5, 0.6) is 0 Å². The maximum atomic E-state index is 12.5. The number of carbonyl (C=O) groups excluding carboxylic acids is 2. The van der Waals surface area contributed by atoms with E-state index in [1.807, 2.05) is 30.3 Å². The van der Waals surface area contributed by atoms with Gasteiger partial charge in [-0.05, 0) is 24.8 Å². The fraction of sp³-hybridized carbons (Fsp3) is 0.389. The van der Waals surface area contributed by atoms with Crippen molar-refractivity contribution in [3.63, 3.8) is 0 Å². The number of benzene rings is 1. The zero-order valence-electron chi connectivity index (χ0n) is 13.0. The zero-order valence-corrected chi connectivity index (χ0v) is 13.0. The minimum atomic E-state index is -0.153. The van der Waals surface area contributed by atoms with Gasteiger partial charge >= 0.3 is 0 Å². The first-order chi connectivity index (χ1) is 11.2. The zero-order chi connectivity index (χ0) is 16.1. The van der Waals surface area contributed by atoms with Gasteiger partial charge in [0.15, 0.2) is 5.69 Å². The van der Waals surface area contributed by atoms with Crippen molar-refractivity contribution in [1.29, 1.82) is 0 Å². The van der Waals surface area contributed by atoms with Crippen LogP contribution >= 0.6 is 0 Å². The first kappa shape index (κ1) is 15.5. The number of likely N-dealkylation sites (tertiary alicyclic amines) is 1. The van der Waals surface area contributed by atoms with Crippen molar-refractivity contribution in [2.24, 2.45) is 5.92 Å². The highest BCUT2D eigenvalue weighted by atomic mass is 16.5. The van der Waals surface area contributed by atoms with E-state index in [0.29, 0.717) is 25.2 Å². The molecule has 0 radical (unpaired) electrons. The van der Waals surface area contributed by atoms with Gasteiger partial charge in [-0.2, -0.15) is 0 Å². The lowest BCUT2D eigenvalue weighted by Crippen LogP contribution is -2.42. The Balaban J connectivity index is 1.55. The average molecular weight is 312 g/mol. The summed E-state index contributed by atoms with van der Waals surface area (Å²) in [5.74, 6) is 0.0223. The number of piperidine rings is 1. The topological polar surface area (TPSA) is 63.4 Å². The molecule has 0 bridgehead atoms. The summed E-state index contributed by atoms with van der Waals surface area (Å²) >= 11 is 0. The Morgan fingerprint density at radius 1 is 1.22 bits per heavy atom. The molecule has 1 aliphatic heterocycles. The Morgan fingerprint density at radius 3 is 2.78 bits per heavy atom. The third-order valence-corrected chi connectivity index (χ3v) is 4.32. The molecule has 0 aliphatic carbocycles. The first-order valence-electron chi connectivity index (χ1n) is 8.00. The Morgan fingerprint density at radius 2 is 2.04 bits per heavy atom. The summed E-state index contributed by atoms with van der Waals surface area (Å²) in [5.41, 5.74) is 1.48. The van der Waals surface area contributed by atoms with E-state index < -0.39 is 0 Å². The Labute approximate surface area is 135 Å². The van der Waals surface area contributed by atoms with E-state index in [1.54, 1.807) is 11.0 Å². The van der Waals surface area contributed by atoms with Gasteiger partial charge in [0.05, 0.1) is 0 Å². The van der Waals surface area contributed by atoms with Crippen LogP contribution in [0.15, 0.2) is 47.2 Å². The van der Waals surface area contributed by atoms with Gasteiger partial charge in [0.1, 0.15) is 12.0 Å². The standard InChI is InChI=1S/C18H20N2O3/c21-17(9-8-14-5-2-1-3-6-14)15-7-4-11-20(13-15)18(22)16-10-12-23-19-16/h1-3,5-6,10,12,15H,4,7-9,11,13H2/t15-/m1/s1. The van der Waals surface area contributed by atoms with Crippen molar-refractivity contribution in [2.75, 3.05) is 13.1 Å². The third-order valence-electron chi connectivity index (χ3n) is 4.32. The Hall–Kier alpha value is -2.43. The first-order valence-corrected chi connectivity index (χ1v) is 8.00. The molecule has 23 heavy (non-hydrogen) atoms. The van der Waals surface area contributed by atoms with Gasteiger partial charge in [-0.3, -0.25) is 9.59 Å². The summed E-state index contributed by atoms with van der Waals surface area (Å²) in [4.78, 5) is 26.5. The van der Waals surface area contributed by atoms with E-state index in [2.05, 4.69) is 5.16 Å². The highest BCUT2D eigenvalue weighted by Gasteiger charge is 2.29. The molecule has 1 atom stereocenters. The number of Topliss-reactive ketones (excluding diaryl/α,β-unsaturated/α-hetero) is 1. The molecule has 2 heterocycles. The van der Waals surface area contributed by atoms with Gasteiger partial charge in [0.25, 0.3) is 5.91 Å². The Bertz CT molecular complexity index is 652. The summed E-state index contributed by atoms with van der Waals surface area (Å²) < 4.78 is 4.72. The predicted molar refractivity (Wildman–Crippen MR) is 84.9 cm³/mol. The Kier molecular flexibility index (Phi) is 4.86. The normalized spacial score (nSPS) is 17.9. The molecule has 0 N–H and O–H groups in total. The molecule has 1 aromatic carbocycles. The van der Waals surface area contributed by atoms with E-state index >= 15 is 0 Å². The molecule has 1 fully saturated rings. The number of nitrogens with zero attached hydrogens (tertiary/aromatic N) is 2. The van der Waals surface area contributed by atoms with Gasteiger partial charge in [0.2, 0.25) is 0 Å². The predicted octanol–water partition coefficient (Wildman–Crippen LogP) is 2.73. The monoisotopic (exact) mass is 312 g/mol. The number of carbonyl (C=O) groups is 2. The van der Waals surface area contributed by atoms with E-state index in [9.17, 15) is 9.59 Å². The van der Waals surface area contributed by atoms with Crippen LogP contribution in [0.3, 0.4) is 0 Å². The molecular weight excluding hydrogens is 292 g/mol. The molecule has 1 aliphatic rings. The molecule has 1 amide bonds. The number of rotatable bonds is 5. The number of aryl methyl sites for hydroxylation is 1. The number of amides is 1. The van der Waals surface area contributed by atoms with Crippen LogP contribution in [-0.4, -0.2) is 34.8 Å². The molecule has 0 spiro atoms. The minimum absolute atomic E-state index is 0.0664. The molecular formula is C18H20N2O3. The van der Waals surface area contributed by atoms with Crippen LogP contribution in [0.1, 0.15) is 35.3 Å². The highest BCUT2D eigenvalue weighted by Crippen LogP contribution is 2.21. The molecule has 120 valence electrons. The molecule has 5 heteroatoms. The lowest BCUT2D eigenvalue weighted by atomic mass is 9.90. The van der Waals surface area contributed by atoms with Crippen LogP contribution in [0.25, 0.3) is 0 Å². The van der Waals surface area contributed by atoms with Crippen molar-refractivity contribution >= 4 is 11.7 Å². The van der Waals surface area contributed by atoms with Crippen molar-refractivity contribution in [1.82, 2.24) is 10.1 Å². The summed E-state index contributed by atoms with van der Waals surface area (Å²) in [6.45, 7) is 1.16. The molecule has 0 saturated carbocycles. The smallest absolute Gasteiger partial charge is 0.276 e. The largest absolute Gasteiger partial charge is 0.364 e. The summed E-state index contributed by atoms with van der Waals surface area (Å²) in [7, 11) is 0. The minimum Gasteiger partial charge on any atom is -0.364 e. The highest BCUT2D eigenvalue weighted by molar-refractivity contribution is 5.92. The lowest BCUT2D eigenvalue weighted by Gasteiger charge is -2.31. The van der Waals surface area contributed by atoms with Gasteiger partial charge in [-0.1, -0.05) is 35.5 Å². The van der Waals surface area contributed by atoms with Gasteiger partial charge in [-0.15, -0.1) is 0 Å². The molecule has 2 aromatic rings. The fourth-order valence-corrected chi connectivity index (χ4v) is 3.03. The van der Waals surface area contributed by atoms with Gasteiger partial charge in [0, 0.05) is 31.5 Å². The second kappa shape index (κ2) is 7.22. The maximum Gasteiger partial charge on any atom is 0.276 e. The maximum absolute atomic E-state index is 12.5. The molecule has 5 nitrogen and oxygen atoms in total. The fourth-order valence-electron chi connectivity index (χ4n) is 3.03. The van der Waals surface area contributed by atoms with E-state index in [0.717, 1.165) is 19.3 Å². The van der Waals surface area contributed by atoms with Crippen LogP contribution in [0, 0.1) is 5.92 Å². The summed E-state index contributed by atoms with van der Waals surface area (Å²) in [5, 5.41) is 3.69. The molecule has 1 aromatic heterocycles. The summed E-state index contributed by atoms with van der Waals surface area (Å²) in [6.07, 6.45) is 4.38. The van der Waals surface area contributed by atoms with Crippen molar-refractivity contribution in [3.05, 3.63) is 53.9 Å². The van der Waals surface area contributed by atoms with Crippen molar-refractivity contribution < 1.29 is 14.1 Å². The van der Waals surface area contributed by atoms with Crippen molar-refractivity contribution in [2.45, 2.75) is 25.7 Å². The number of ketones is 1. The lowest BCUT2D eigenvalue weighted by molar-refractivity contribution is -0.124. The second-order valence-corrected chi connectivity index (χ2v) is 5.93. The van der Waals surface area contributed by atoms with Crippen molar-refractivity contribution in [3.8, 4) is 0 Å². The number of hydrogen-bond donors (Lipinski definition) is 0. The van der Waals surface area contributed by atoms with Crippen LogP contribution in [0.4, 0.5) is 0 Å². The number of aromatic nitrogens is 1. The molecule has 3 rings (SSSR count). The average Bonchev–Trinajstić information content (AvgIpc) is 3.14. The van der Waals surface area contributed by atoms with Crippen LogP contribution in [-0.2, 0) is 11.2 Å². The quantitative estimate of drug-likeness (QED) is 0.851. The number of hydrogen-bond acceptors (Lipinski definition) is 4. The second-order valence-electron chi connectivity index (χ2n) is 5.93.